The number of carbonyl (C=O) groups excluding carboxylic acids is 1. The van der Waals surface area contributed by atoms with Gasteiger partial charge >= 0.3 is 5.92 Å². The number of hydrogen-bond donors (Lipinski definition) is 1. The Morgan fingerprint density at radius 1 is 1.04 bits per heavy atom. The molecule has 1 unspecified atom stereocenters. The number of sulfonamides is 1. The first kappa shape index (κ1) is 22.2. The Labute approximate surface area is 164 Å². The van der Waals surface area contributed by atoms with Gasteiger partial charge in [-0.25, -0.2) is 8.42 Å². The number of nitrogens with one attached hydrogen (secondary N) is 1. The van der Waals surface area contributed by atoms with E-state index < -0.39 is 35.5 Å². The largest absolute Gasteiger partial charge is 0.497 e. The Balaban J connectivity index is 2.54. The first-order valence-corrected chi connectivity index (χ1v) is 13.5. The van der Waals surface area contributed by atoms with Crippen LogP contribution in [0.25, 0.3) is 0 Å². The third kappa shape index (κ3) is 4.84. The highest BCUT2D eigenvalue weighted by Gasteiger charge is 2.53. The molecule has 0 fully saturated rings. The molecule has 5 nitrogen and oxygen atoms in total. The van der Waals surface area contributed by atoms with Gasteiger partial charge in [0, 0.05) is 0 Å². The van der Waals surface area contributed by atoms with E-state index in [1.165, 1.54) is 75.3 Å². The minimum atomic E-state index is -4.28. The average Bonchev–Trinajstić information content (AvgIpc) is 2.65. The van der Waals surface area contributed by atoms with Crippen LogP contribution in [0.3, 0.4) is 0 Å². The molecular formula is C19H23F2NO4SSi. The van der Waals surface area contributed by atoms with Crippen LogP contribution in [-0.2, 0) is 14.8 Å². The van der Waals surface area contributed by atoms with Crippen LogP contribution in [0.1, 0.15) is 11.6 Å². The van der Waals surface area contributed by atoms with Crippen LogP contribution in [0.4, 0.5) is 8.78 Å². The SMILES string of the molecule is COc1ccc(C(NS(=O)(=O)c2ccccc2)C(F)(F)C(=O)[Si](C)(C)C)cc1. The van der Waals surface area contributed by atoms with Crippen LogP contribution in [0, 0.1) is 0 Å². The van der Waals surface area contributed by atoms with Crippen molar-refractivity contribution < 1.29 is 26.7 Å². The van der Waals surface area contributed by atoms with E-state index >= 15 is 8.78 Å². The molecule has 0 aliphatic heterocycles. The van der Waals surface area contributed by atoms with E-state index in [0.29, 0.717) is 5.75 Å². The molecule has 0 bridgehead atoms. The summed E-state index contributed by atoms with van der Waals surface area (Å²) in [6.07, 6.45) is 0. The summed E-state index contributed by atoms with van der Waals surface area (Å²) in [5.74, 6) is -3.49. The van der Waals surface area contributed by atoms with Gasteiger partial charge in [0.1, 0.15) is 19.9 Å². The summed E-state index contributed by atoms with van der Waals surface area (Å²) in [6.45, 7) is 4.50. The first-order chi connectivity index (χ1) is 12.9. The highest BCUT2D eigenvalue weighted by molar-refractivity contribution is 7.89. The number of alkyl halides is 2. The molecule has 0 saturated heterocycles. The van der Waals surface area contributed by atoms with E-state index in [0.717, 1.165) is 0 Å². The zero-order valence-corrected chi connectivity index (χ0v) is 17.9. The van der Waals surface area contributed by atoms with Gasteiger partial charge < -0.3 is 4.74 Å². The van der Waals surface area contributed by atoms with Gasteiger partial charge in [-0.2, -0.15) is 13.5 Å². The molecule has 0 heterocycles. The zero-order valence-electron chi connectivity index (χ0n) is 16.1. The van der Waals surface area contributed by atoms with Crippen LogP contribution in [-0.4, -0.2) is 34.9 Å². The molecule has 28 heavy (non-hydrogen) atoms. The van der Waals surface area contributed by atoms with Crippen LogP contribution >= 0.6 is 0 Å². The highest BCUT2D eigenvalue weighted by atomic mass is 32.2. The second kappa shape index (κ2) is 8.10. The van der Waals surface area contributed by atoms with Crippen molar-refractivity contribution in [1.29, 1.82) is 0 Å². The van der Waals surface area contributed by atoms with Crippen LogP contribution in [0.2, 0.25) is 19.6 Å². The maximum Gasteiger partial charge on any atom is 0.320 e. The van der Waals surface area contributed by atoms with E-state index in [2.05, 4.69) is 0 Å². The molecule has 2 aromatic carbocycles. The lowest BCUT2D eigenvalue weighted by molar-refractivity contribution is -0.139. The Hall–Kier alpha value is -2.10. The van der Waals surface area contributed by atoms with Gasteiger partial charge in [0.05, 0.1) is 12.0 Å². The Bertz CT molecular complexity index is 927. The molecule has 0 amide bonds. The monoisotopic (exact) mass is 427 g/mol. The molecular weight excluding hydrogens is 404 g/mol. The molecule has 152 valence electrons. The zero-order chi connectivity index (χ0) is 21.2. The van der Waals surface area contributed by atoms with Gasteiger partial charge in [-0.05, 0) is 29.8 Å². The predicted molar refractivity (Wildman–Crippen MR) is 106 cm³/mol. The van der Waals surface area contributed by atoms with Crippen molar-refractivity contribution in [2.45, 2.75) is 36.5 Å². The minimum Gasteiger partial charge on any atom is -0.497 e. The Morgan fingerprint density at radius 3 is 2.04 bits per heavy atom. The van der Waals surface area contributed by atoms with Crippen molar-refractivity contribution in [3.63, 3.8) is 0 Å². The number of hydrogen-bond acceptors (Lipinski definition) is 4. The lowest BCUT2D eigenvalue weighted by Crippen LogP contribution is -2.53. The van der Waals surface area contributed by atoms with E-state index in [9.17, 15) is 13.2 Å². The van der Waals surface area contributed by atoms with E-state index in [1.54, 1.807) is 6.07 Å². The van der Waals surface area contributed by atoms with Crippen molar-refractivity contribution in [2.75, 3.05) is 7.11 Å². The fourth-order valence-electron chi connectivity index (χ4n) is 2.60. The molecule has 0 aromatic heterocycles. The van der Waals surface area contributed by atoms with Crippen molar-refractivity contribution >= 4 is 23.5 Å². The molecule has 1 N–H and O–H groups in total. The van der Waals surface area contributed by atoms with Crippen molar-refractivity contribution in [1.82, 2.24) is 4.72 Å². The van der Waals surface area contributed by atoms with Crippen LogP contribution in [0.15, 0.2) is 59.5 Å². The number of rotatable bonds is 8. The van der Waals surface area contributed by atoms with E-state index in [1.807, 2.05) is 4.72 Å². The molecule has 0 aliphatic carbocycles. The summed E-state index contributed by atoms with van der Waals surface area (Å²) in [5, 5.41) is -1.23. The van der Waals surface area contributed by atoms with Crippen molar-refractivity contribution in [3.8, 4) is 5.75 Å². The summed E-state index contributed by atoms with van der Waals surface area (Å²) in [5.41, 5.74) is -0.0306. The minimum absolute atomic E-state index is 0.0306. The molecule has 2 rings (SSSR count). The molecule has 0 spiro atoms. The topological polar surface area (TPSA) is 72.5 Å². The van der Waals surface area contributed by atoms with E-state index in [-0.39, 0.29) is 10.5 Å². The third-order valence-corrected chi connectivity index (χ3v) is 7.26. The second-order valence-electron chi connectivity index (χ2n) is 7.34. The van der Waals surface area contributed by atoms with Crippen LogP contribution < -0.4 is 9.46 Å². The standard InChI is InChI=1S/C19H23F2NO4SSi/c1-26-15-12-10-14(11-13-15)17(19(20,21)18(23)28(2,3)4)22-27(24,25)16-8-6-5-7-9-16/h5-13,17,22H,1-4H3. The summed E-state index contributed by atoms with van der Waals surface area (Å²) < 4.78 is 62.9. The summed E-state index contributed by atoms with van der Waals surface area (Å²) in [7, 11) is -5.77. The molecule has 0 radical (unpaired) electrons. The summed E-state index contributed by atoms with van der Waals surface area (Å²) in [6, 6.07) is 10.7. The van der Waals surface area contributed by atoms with E-state index in [4.69, 9.17) is 4.74 Å². The van der Waals surface area contributed by atoms with Gasteiger partial charge in [-0.15, -0.1) is 0 Å². The maximum absolute atomic E-state index is 15.2. The predicted octanol–water partition coefficient (Wildman–Crippen LogP) is 3.80. The summed E-state index contributed by atoms with van der Waals surface area (Å²) >= 11 is 0. The Kier molecular flexibility index (Phi) is 6.42. The molecule has 9 heteroatoms. The smallest absolute Gasteiger partial charge is 0.320 e. The van der Waals surface area contributed by atoms with Crippen molar-refractivity contribution in [3.05, 3.63) is 60.2 Å². The van der Waals surface area contributed by atoms with Gasteiger partial charge in [0.25, 0.3) is 0 Å². The number of ether oxygens (including phenoxy) is 1. The number of methoxy groups -OCH3 is 1. The molecule has 0 saturated carbocycles. The highest BCUT2D eigenvalue weighted by Crippen LogP contribution is 2.36. The molecule has 2 aromatic rings. The van der Waals surface area contributed by atoms with Gasteiger partial charge in [-0.3, -0.25) is 4.79 Å². The fourth-order valence-corrected chi connectivity index (χ4v) is 4.99. The quantitative estimate of drug-likeness (QED) is 0.651. The van der Waals surface area contributed by atoms with Crippen LogP contribution in [0.5, 0.6) is 5.75 Å². The fraction of sp³-hybridized carbons (Fsp3) is 0.316. The lowest BCUT2D eigenvalue weighted by atomic mass is 10.0. The summed E-state index contributed by atoms with van der Waals surface area (Å²) in [4.78, 5) is 12.3. The maximum atomic E-state index is 15.2. The number of carbonyl (C=O) groups is 1. The van der Waals surface area contributed by atoms with Crippen molar-refractivity contribution in [2.24, 2.45) is 0 Å². The van der Waals surface area contributed by atoms with Gasteiger partial charge in [-0.1, -0.05) is 50.0 Å². The lowest BCUT2D eigenvalue weighted by Gasteiger charge is -2.31. The molecule has 0 aliphatic rings. The molecule has 1 atom stereocenters. The normalized spacial score (nSPS) is 13.8. The second-order valence-corrected chi connectivity index (χ2v) is 14.0. The number of benzene rings is 2. The van der Waals surface area contributed by atoms with Gasteiger partial charge in [0.2, 0.25) is 10.0 Å². The third-order valence-electron chi connectivity index (χ3n) is 4.12. The van der Waals surface area contributed by atoms with Gasteiger partial charge in [0.15, 0.2) is 5.41 Å². The first-order valence-electron chi connectivity index (χ1n) is 8.53. The average molecular weight is 428 g/mol. The number of halogens is 2. The Morgan fingerprint density at radius 2 is 1.57 bits per heavy atom.